The summed E-state index contributed by atoms with van der Waals surface area (Å²) in [4.78, 5) is 10.4. The molecule has 1 rings (SSSR count). The summed E-state index contributed by atoms with van der Waals surface area (Å²) in [5.41, 5.74) is 0. The van der Waals surface area contributed by atoms with Gasteiger partial charge in [0.15, 0.2) is 11.4 Å². The summed E-state index contributed by atoms with van der Waals surface area (Å²) in [7, 11) is 1.48. The van der Waals surface area contributed by atoms with Crippen LogP contribution in [0.1, 0.15) is 0 Å². The molecule has 0 N–H and O–H groups in total. The minimum absolute atomic E-state index is 0.632. The Bertz CT molecular complexity index is 252. The smallest absolute Gasteiger partial charge is 0.236 e. The lowest BCUT2D eigenvalue weighted by atomic mass is 10.5. The zero-order valence-electron chi connectivity index (χ0n) is 6.39. The number of nitro groups is 1. The van der Waals surface area contributed by atoms with E-state index < -0.39 is 15.0 Å². The van der Waals surface area contributed by atoms with Gasteiger partial charge in [-0.2, -0.15) is 5.10 Å². The van der Waals surface area contributed by atoms with Gasteiger partial charge in [0, 0.05) is 7.05 Å². The largest absolute Gasteiger partial charge is 0.266 e. The molecule has 9 heteroatoms. The van der Waals surface area contributed by atoms with Gasteiger partial charge < -0.3 is 0 Å². The van der Waals surface area contributed by atoms with Gasteiger partial charge in [-0.3, -0.25) is 5.01 Å². The number of hydrazone groups is 1. The molecule has 0 aliphatic carbocycles. The van der Waals surface area contributed by atoms with Gasteiger partial charge in [0.25, 0.3) is 0 Å². The number of rotatable bonds is 1. The molecule has 0 saturated carbocycles. The number of hydrogen-bond acceptors (Lipinski definition) is 4. The van der Waals surface area contributed by atoms with Gasteiger partial charge in [-0.05, 0) is 0 Å². The predicted molar refractivity (Wildman–Crippen MR) is 49.2 cm³/mol. The summed E-state index contributed by atoms with van der Waals surface area (Å²) in [6.45, 7) is 0. The van der Waals surface area contributed by atoms with Gasteiger partial charge in [-0.25, -0.2) is 10.1 Å². The van der Waals surface area contributed by atoms with Crippen molar-refractivity contribution in [1.82, 2.24) is 10.0 Å². The Hall–Kier alpha value is -0.460. The molecule has 0 saturated heterocycles. The van der Waals surface area contributed by atoms with Crippen molar-refractivity contribution in [3.8, 4) is 0 Å². The second-order valence-corrected chi connectivity index (χ2v) is 4.71. The zero-order chi connectivity index (χ0) is 10.2. The van der Waals surface area contributed by atoms with Crippen molar-refractivity contribution in [3.05, 3.63) is 10.1 Å². The molecule has 1 unspecified atom stereocenters. The van der Waals surface area contributed by atoms with E-state index in [9.17, 15) is 10.1 Å². The average molecular weight is 247 g/mol. The molecule has 74 valence electrons. The lowest BCUT2D eigenvalue weighted by Crippen LogP contribution is -2.49. The van der Waals surface area contributed by atoms with Crippen molar-refractivity contribution in [1.29, 1.82) is 0 Å². The molecular weight excluding hydrogens is 242 g/mol. The molecule has 0 spiro atoms. The second kappa shape index (κ2) is 3.36. The third-order valence-electron chi connectivity index (χ3n) is 1.44. The first-order chi connectivity index (χ1) is 5.84. The minimum atomic E-state index is -1.79. The summed E-state index contributed by atoms with van der Waals surface area (Å²) >= 11 is 16.6. The molecule has 13 heavy (non-hydrogen) atoms. The minimum Gasteiger partial charge on any atom is -0.266 e. The van der Waals surface area contributed by atoms with Crippen LogP contribution < -0.4 is 0 Å². The monoisotopic (exact) mass is 246 g/mol. The van der Waals surface area contributed by atoms with Crippen LogP contribution >= 0.6 is 34.8 Å². The molecule has 0 fully saturated rings. The Morgan fingerprint density at radius 1 is 1.62 bits per heavy atom. The third-order valence-corrected chi connectivity index (χ3v) is 2.02. The molecule has 6 nitrogen and oxygen atoms in total. The van der Waals surface area contributed by atoms with Crippen LogP contribution in [0.3, 0.4) is 0 Å². The average Bonchev–Trinajstić information content (AvgIpc) is 2.28. The number of halogens is 3. The summed E-state index contributed by atoms with van der Waals surface area (Å²) < 4.78 is -1.79. The van der Waals surface area contributed by atoms with E-state index in [-0.39, 0.29) is 0 Å². The van der Waals surface area contributed by atoms with Gasteiger partial charge in [-0.1, -0.05) is 39.8 Å². The normalized spacial score (nSPS) is 22.6. The Kier molecular flexibility index (Phi) is 2.74. The van der Waals surface area contributed by atoms with Gasteiger partial charge in [0.2, 0.25) is 9.96 Å². The van der Waals surface area contributed by atoms with Crippen molar-refractivity contribution < 1.29 is 5.03 Å². The fraction of sp³-hybridized carbons (Fsp3) is 0.750. The highest BCUT2D eigenvalue weighted by Crippen LogP contribution is 2.36. The van der Waals surface area contributed by atoms with E-state index in [1.54, 1.807) is 0 Å². The maximum atomic E-state index is 10.4. The van der Waals surface area contributed by atoms with Crippen LogP contribution in [0.25, 0.3) is 0 Å². The highest BCUT2D eigenvalue weighted by atomic mass is 35.6. The first kappa shape index (κ1) is 10.6. The van der Waals surface area contributed by atoms with Crippen molar-refractivity contribution in [2.45, 2.75) is 9.96 Å². The standard InChI is InChI=1S/C4H5Cl3N4O2/c1-9-3(4(5,6)7)10(2-8-9)11(12)13/h2-3H,1H3. The molecular formula is C4H5Cl3N4O2. The quantitative estimate of drug-likeness (QED) is 0.395. The van der Waals surface area contributed by atoms with E-state index in [0.717, 1.165) is 6.34 Å². The first-order valence-electron chi connectivity index (χ1n) is 3.10. The molecule has 0 radical (unpaired) electrons. The lowest BCUT2D eigenvalue weighted by molar-refractivity contribution is -0.637. The van der Waals surface area contributed by atoms with E-state index in [4.69, 9.17) is 34.8 Å². The van der Waals surface area contributed by atoms with Crippen LogP contribution in [0, 0.1) is 10.1 Å². The number of hydrogen-bond donors (Lipinski definition) is 0. The van der Waals surface area contributed by atoms with E-state index >= 15 is 0 Å². The number of nitrogens with zero attached hydrogens (tertiary/aromatic N) is 4. The van der Waals surface area contributed by atoms with Crippen molar-refractivity contribution in [2.24, 2.45) is 5.10 Å². The first-order valence-corrected chi connectivity index (χ1v) is 4.23. The van der Waals surface area contributed by atoms with Crippen LogP contribution in [0.15, 0.2) is 5.10 Å². The van der Waals surface area contributed by atoms with Crippen molar-refractivity contribution in [2.75, 3.05) is 7.05 Å². The maximum absolute atomic E-state index is 10.4. The van der Waals surface area contributed by atoms with Crippen LogP contribution in [-0.2, 0) is 0 Å². The van der Waals surface area contributed by atoms with Gasteiger partial charge in [-0.15, -0.1) is 0 Å². The number of hydrazine groups is 1. The molecule has 1 heterocycles. The van der Waals surface area contributed by atoms with Crippen molar-refractivity contribution in [3.63, 3.8) is 0 Å². The summed E-state index contributed by atoms with van der Waals surface area (Å²) in [6.07, 6.45) is -0.0282. The molecule has 0 aromatic heterocycles. The van der Waals surface area contributed by atoms with E-state index in [1.807, 2.05) is 0 Å². The lowest BCUT2D eigenvalue weighted by Gasteiger charge is -2.26. The van der Waals surface area contributed by atoms with Gasteiger partial charge in [0.05, 0.1) is 0 Å². The molecule has 1 aliphatic heterocycles. The third kappa shape index (κ3) is 2.07. The molecule has 1 atom stereocenters. The Balaban J connectivity index is 2.88. The van der Waals surface area contributed by atoms with E-state index in [1.165, 1.54) is 12.1 Å². The fourth-order valence-corrected chi connectivity index (χ4v) is 1.65. The highest BCUT2D eigenvalue weighted by Gasteiger charge is 2.48. The van der Waals surface area contributed by atoms with E-state index in [0.29, 0.717) is 5.01 Å². The van der Waals surface area contributed by atoms with Gasteiger partial charge in [0.1, 0.15) is 0 Å². The molecule has 1 aliphatic rings. The van der Waals surface area contributed by atoms with Crippen LogP contribution in [0.4, 0.5) is 0 Å². The summed E-state index contributed by atoms with van der Waals surface area (Å²) in [6, 6.07) is 0. The Labute approximate surface area is 88.7 Å². The molecule has 0 bridgehead atoms. The molecule has 0 aromatic carbocycles. The Morgan fingerprint density at radius 3 is 2.46 bits per heavy atom. The Morgan fingerprint density at radius 2 is 2.15 bits per heavy atom. The fourth-order valence-electron chi connectivity index (χ4n) is 0.925. The van der Waals surface area contributed by atoms with Crippen LogP contribution in [-0.4, -0.2) is 38.4 Å². The maximum Gasteiger partial charge on any atom is 0.236 e. The second-order valence-electron chi connectivity index (χ2n) is 2.34. The van der Waals surface area contributed by atoms with Crippen LogP contribution in [0.5, 0.6) is 0 Å². The van der Waals surface area contributed by atoms with Gasteiger partial charge >= 0.3 is 0 Å². The SMILES string of the molecule is CN1N=CN([N+](=O)[O-])C1C(Cl)(Cl)Cl. The number of alkyl halides is 3. The predicted octanol–water partition coefficient (Wildman–Crippen LogP) is 1.07. The molecule has 0 aromatic rings. The molecule has 0 amide bonds. The topological polar surface area (TPSA) is 62.0 Å². The summed E-state index contributed by atoms with van der Waals surface area (Å²) in [5, 5.41) is 15.2. The zero-order valence-corrected chi connectivity index (χ0v) is 8.66. The van der Waals surface area contributed by atoms with Crippen LogP contribution in [0.2, 0.25) is 0 Å². The summed E-state index contributed by atoms with van der Waals surface area (Å²) in [5.74, 6) is 0. The van der Waals surface area contributed by atoms with E-state index in [2.05, 4.69) is 5.10 Å². The highest BCUT2D eigenvalue weighted by molar-refractivity contribution is 6.68. The van der Waals surface area contributed by atoms with Crippen molar-refractivity contribution >= 4 is 41.1 Å².